The Balaban J connectivity index is 2.18. The first-order valence-corrected chi connectivity index (χ1v) is 6.86. The molecule has 0 fully saturated rings. The van der Waals surface area contributed by atoms with E-state index < -0.39 is 6.10 Å². The van der Waals surface area contributed by atoms with E-state index in [2.05, 4.69) is 11.1 Å². The molecule has 0 bridgehead atoms. The second-order valence-corrected chi connectivity index (χ2v) is 4.91. The second-order valence-electron chi connectivity index (χ2n) is 4.91. The van der Waals surface area contributed by atoms with Crippen molar-refractivity contribution >= 4 is 10.9 Å². The molecule has 0 spiro atoms. The van der Waals surface area contributed by atoms with Gasteiger partial charge in [-0.2, -0.15) is 0 Å². The Kier molecular flexibility index (Phi) is 4.93. The number of rotatable bonds is 6. The summed E-state index contributed by atoms with van der Waals surface area (Å²) in [4.78, 5) is 4.52. The van der Waals surface area contributed by atoms with Crippen molar-refractivity contribution in [1.29, 1.82) is 0 Å². The molecule has 0 aliphatic rings. The van der Waals surface area contributed by atoms with E-state index in [0.29, 0.717) is 12.4 Å². The fourth-order valence-corrected chi connectivity index (χ4v) is 2.04. The number of ether oxygens (including phenoxy) is 2. The summed E-state index contributed by atoms with van der Waals surface area (Å²) in [7, 11) is 0. The van der Waals surface area contributed by atoms with Gasteiger partial charge in [-0.05, 0) is 44.5 Å². The quantitative estimate of drug-likeness (QED) is 0.880. The Morgan fingerprint density at radius 1 is 1.20 bits per heavy atom. The highest BCUT2D eigenvalue weighted by Gasteiger charge is 2.09. The normalized spacial score (nSPS) is 12.6. The number of hydrogen-bond acceptors (Lipinski definition) is 4. The molecule has 2 aromatic rings. The third kappa shape index (κ3) is 3.68. The number of aliphatic hydroxyl groups is 1. The van der Waals surface area contributed by atoms with Gasteiger partial charge >= 0.3 is 0 Å². The van der Waals surface area contributed by atoms with Crippen molar-refractivity contribution in [3.05, 3.63) is 35.5 Å². The van der Waals surface area contributed by atoms with E-state index in [9.17, 15) is 5.11 Å². The zero-order valence-electron chi connectivity index (χ0n) is 12.2. The lowest BCUT2D eigenvalue weighted by atomic mass is 10.1. The van der Waals surface area contributed by atoms with Crippen LogP contribution < -0.4 is 4.74 Å². The molecule has 0 aliphatic carbocycles. The molecule has 4 heteroatoms. The number of nitrogens with zero attached hydrogens (tertiary/aromatic N) is 1. The zero-order valence-corrected chi connectivity index (χ0v) is 12.2. The lowest BCUT2D eigenvalue weighted by Gasteiger charge is -2.14. The van der Waals surface area contributed by atoms with Gasteiger partial charge in [0.05, 0.1) is 6.61 Å². The topological polar surface area (TPSA) is 51.6 Å². The fourth-order valence-electron chi connectivity index (χ4n) is 2.04. The Bertz CT molecular complexity index is 583. The largest absolute Gasteiger partial charge is 0.488 e. The molecule has 108 valence electrons. The maximum absolute atomic E-state index is 9.77. The summed E-state index contributed by atoms with van der Waals surface area (Å²) < 4.78 is 10.9. The maximum atomic E-state index is 9.77. The summed E-state index contributed by atoms with van der Waals surface area (Å²) in [5.74, 6) is 0.708. The van der Waals surface area contributed by atoms with Crippen molar-refractivity contribution in [2.75, 3.05) is 19.8 Å². The van der Waals surface area contributed by atoms with Gasteiger partial charge < -0.3 is 14.6 Å². The lowest BCUT2D eigenvalue weighted by Crippen LogP contribution is -2.23. The second kappa shape index (κ2) is 6.68. The SMILES string of the molecule is CCOCC(O)COc1cc(C)cc2ccc(C)nc12. The predicted octanol–water partition coefficient (Wildman–Crippen LogP) is 2.63. The average molecular weight is 275 g/mol. The first-order chi connectivity index (χ1) is 9.60. The molecule has 1 aromatic carbocycles. The summed E-state index contributed by atoms with van der Waals surface area (Å²) in [5.41, 5.74) is 2.89. The van der Waals surface area contributed by atoms with Crippen LogP contribution in [0.25, 0.3) is 10.9 Å². The number of benzene rings is 1. The van der Waals surface area contributed by atoms with Crippen LogP contribution in [0.1, 0.15) is 18.2 Å². The molecule has 1 N–H and O–H groups in total. The van der Waals surface area contributed by atoms with Crippen molar-refractivity contribution in [2.24, 2.45) is 0 Å². The average Bonchev–Trinajstić information content (AvgIpc) is 2.43. The van der Waals surface area contributed by atoms with Crippen molar-refractivity contribution in [3.8, 4) is 5.75 Å². The minimum Gasteiger partial charge on any atom is -0.488 e. The van der Waals surface area contributed by atoms with Gasteiger partial charge in [-0.15, -0.1) is 0 Å². The van der Waals surface area contributed by atoms with Gasteiger partial charge in [-0.3, -0.25) is 0 Å². The molecule has 1 heterocycles. The highest BCUT2D eigenvalue weighted by molar-refractivity contribution is 5.85. The highest BCUT2D eigenvalue weighted by atomic mass is 16.5. The first-order valence-electron chi connectivity index (χ1n) is 6.86. The summed E-state index contributed by atoms with van der Waals surface area (Å²) >= 11 is 0. The highest BCUT2D eigenvalue weighted by Crippen LogP contribution is 2.26. The molecule has 0 amide bonds. The van der Waals surface area contributed by atoms with E-state index in [1.54, 1.807) is 0 Å². The Morgan fingerprint density at radius 3 is 2.75 bits per heavy atom. The van der Waals surface area contributed by atoms with Crippen LogP contribution in [-0.4, -0.2) is 36.0 Å². The van der Waals surface area contributed by atoms with Gasteiger partial charge in [0.25, 0.3) is 0 Å². The number of hydrogen-bond donors (Lipinski definition) is 1. The molecular formula is C16H21NO3. The van der Waals surface area contributed by atoms with Crippen LogP contribution in [-0.2, 0) is 4.74 Å². The van der Waals surface area contributed by atoms with Crippen LogP contribution in [0, 0.1) is 13.8 Å². The van der Waals surface area contributed by atoms with Crippen LogP contribution in [0.2, 0.25) is 0 Å². The molecule has 1 atom stereocenters. The molecule has 0 saturated carbocycles. The van der Waals surface area contributed by atoms with Gasteiger partial charge in [0.2, 0.25) is 0 Å². The van der Waals surface area contributed by atoms with Crippen LogP contribution >= 0.6 is 0 Å². The number of aryl methyl sites for hydroxylation is 2. The predicted molar refractivity (Wildman–Crippen MR) is 79.2 cm³/mol. The first kappa shape index (κ1) is 14.8. The number of aromatic nitrogens is 1. The van der Waals surface area contributed by atoms with Crippen LogP contribution in [0.5, 0.6) is 5.75 Å². The van der Waals surface area contributed by atoms with Crippen molar-refractivity contribution in [2.45, 2.75) is 26.9 Å². The van der Waals surface area contributed by atoms with E-state index in [1.807, 2.05) is 39.0 Å². The van der Waals surface area contributed by atoms with Gasteiger partial charge in [0.15, 0.2) is 0 Å². The maximum Gasteiger partial charge on any atom is 0.145 e. The van der Waals surface area contributed by atoms with Crippen molar-refractivity contribution < 1.29 is 14.6 Å². The standard InChI is InChI=1S/C16H21NO3/c1-4-19-9-14(18)10-20-15-8-11(2)7-13-6-5-12(3)17-16(13)15/h5-8,14,18H,4,9-10H2,1-3H3. The van der Waals surface area contributed by atoms with Gasteiger partial charge in [-0.25, -0.2) is 4.98 Å². The Labute approximate surface area is 119 Å². The molecule has 0 saturated heterocycles. The smallest absolute Gasteiger partial charge is 0.145 e. The molecule has 1 unspecified atom stereocenters. The van der Waals surface area contributed by atoms with E-state index in [4.69, 9.17) is 9.47 Å². The minimum atomic E-state index is -0.629. The van der Waals surface area contributed by atoms with Gasteiger partial charge in [0, 0.05) is 17.7 Å². The van der Waals surface area contributed by atoms with E-state index in [1.165, 1.54) is 0 Å². The third-order valence-electron chi connectivity index (χ3n) is 2.99. The minimum absolute atomic E-state index is 0.203. The Morgan fingerprint density at radius 2 is 2.00 bits per heavy atom. The van der Waals surface area contributed by atoms with E-state index in [-0.39, 0.29) is 13.2 Å². The number of fused-ring (bicyclic) bond motifs is 1. The summed E-state index contributed by atoms with van der Waals surface area (Å²) in [5, 5.41) is 10.8. The Hall–Kier alpha value is -1.65. The van der Waals surface area contributed by atoms with Crippen LogP contribution in [0.3, 0.4) is 0 Å². The monoisotopic (exact) mass is 275 g/mol. The zero-order chi connectivity index (χ0) is 14.5. The molecule has 20 heavy (non-hydrogen) atoms. The van der Waals surface area contributed by atoms with Gasteiger partial charge in [-0.1, -0.05) is 6.07 Å². The molecule has 0 radical (unpaired) electrons. The third-order valence-corrected chi connectivity index (χ3v) is 2.99. The summed E-state index contributed by atoms with van der Waals surface area (Å²) in [6.45, 7) is 6.94. The van der Waals surface area contributed by atoms with E-state index in [0.717, 1.165) is 22.2 Å². The summed E-state index contributed by atoms with van der Waals surface area (Å²) in [6, 6.07) is 8.04. The van der Waals surface area contributed by atoms with Crippen molar-refractivity contribution in [3.63, 3.8) is 0 Å². The van der Waals surface area contributed by atoms with Gasteiger partial charge in [0.1, 0.15) is 24.0 Å². The number of pyridine rings is 1. The molecule has 1 aromatic heterocycles. The fraction of sp³-hybridized carbons (Fsp3) is 0.438. The molecule has 0 aliphatic heterocycles. The van der Waals surface area contributed by atoms with E-state index >= 15 is 0 Å². The number of aliphatic hydroxyl groups excluding tert-OH is 1. The lowest BCUT2D eigenvalue weighted by molar-refractivity contribution is 0.0167. The molecule has 4 nitrogen and oxygen atoms in total. The molecular weight excluding hydrogens is 254 g/mol. The van der Waals surface area contributed by atoms with Crippen LogP contribution in [0.15, 0.2) is 24.3 Å². The van der Waals surface area contributed by atoms with Crippen molar-refractivity contribution in [1.82, 2.24) is 4.98 Å². The van der Waals surface area contributed by atoms with Crippen LogP contribution in [0.4, 0.5) is 0 Å². The summed E-state index contributed by atoms with van der Waals surface area (Å²) in [6.07, 6.45) is -0.629. The molecule has 2 rings (SSSR count).